The fourth-order valence-electron chi connectivity index (χ4n) is 3.17. The topological polar surface area (TPSA) is 49.9 Å². The Morgan fingerprint density at radius 1 is 1.10 bits per heavy atom. The standard InChI is InChI=1S/C15H26N2O3/c1-3-20-15(19)16-9-6-13(7-10-16)14(18)17-8-4-5-12(2)11-17/h12-13H,3-11H2,1-2H3. The van der Waals surface area contributed by atoms with Crippen LogP contribution in [0, 0.1) is 11.8 Å². The van der Waals surface area contributed by atoms with E-state index < -0.39 is 0 Å². The molecule has 2 amide bonds. The first-order valence-electron chi connectivity index (χ1n) is 7.82. The maximum atomic E-state index is 12.5. The summed E-state index contributed by atoms with van der Waals surface area (Å²) in [5, 5.41) is 0. The normalized spacial score (nSPS) is 24.6. The number of likely N-dealkylation sites (tertiary alicyclic amines) is 2. The molecule has 114 valence electrons. The molecule has 5 nitrogen and oxygen atoms in total. The lowest BCUT2D eigenvalue weighted by molar-refractivity contribution is -0.138. The van der Waals surface area contributed by atoms with Crippen LogP contribution in [0.2, 0.25) is 0 Å². The zero-order valence-electron chi connectivity index (χ0n) is 12.6. The van der Waals surface area contributed by atoms with Crippen LogP contribution in [0.25, 0.3) is 0 Å². The molecule has 0 saturated carbocycles. The predicted molar refractivity (Wildman–Crippen MR) is 76.3 cm³/mol. The highest BCUT2D eigenvalue weighted by atomic mass is 16.6. The highest BCUT2D eigenvalue weighted by molar-refractivity contribution is 5.79. The second-order valence-corrected chi connectivity index (χ2v) is 5.99. The summed E-state index contributed by atoms with van der Waals surface area (Å²) in [4.78, 5) is 27.9. The molecular formula is C15H26N2O3. The van der Waals surface area contributed by atoms with Crippen LogP contribution in [-0.4, -0.2) is 54.6 Å². The van der Waals surface area contributed by atoms with Gasteiger partial charge in [-0.1, -0.05) is 6.92 Å². The van der Waals surface area contributed by atoms with Crippen molar-refractivity contribution >= 4 is 12.0 Å². The molecule has 0 aromatic rings. The number of amides is 2. The zero-order valence-corrected chi connectivity index (χ0v) is 12.6. The van der Waals surface area contributed by atoms with Crippen LogP contribution in [0.5, 0.6) is 0 Å². The molecule has 0 aromatic heterocycles. The Morgan fingerprint density at radius 2 is 1.80 bits per heavy atom. The predicted octanol–water partition coefficient (Wildman–Crippen LogP) is 2.11. The Morgan fingerprint density at radius 3 is 2.40 bits per heavy atom. The summed E-state index contributed by atoms with van der Waals surface area (Å²) in [6.45, 7) is 7.51. The van der Waals surface area contributed by atoms with Crippen molar-refractivity contribution in [3.05, 3.63) is 0 Å². The van der Waals surface area contributed by atoms with Gasteiger partial charge in [0.05, 0.1) is 6.61 Å². The summed E-state index contributed by atoms with van der Waals surface area (Å²) in [5.74, 6) is 0.998. The van der Waals surface area contributed by atoms with E-state index in [1.807, 2.05) is 11.8 Å². The molecule has 2 saturated heterocycles. The summed E-state index contributed by atoms with van der Waals surface area (Å²) < 4.78 is 5.00. The molecule has 0 aliphatic carbocycles. The minimum absolute atomic E-state index is 0.0889. The third kappa shape index (κ3) is 3.64. The first-order chi connectivity index (χ1) is 9.61. The van der Waals surface area contributed by atoms with Gasteiger partial charge in [-0.2, -0.15) is 0 Å². The smallest absolute Gasteiger partial charge is 0.409 e. The van der Waals surface area contributed by atoms with Crippen molar-refractivity contribution in [1.29, 1.82) is 0 Å². The van der Waals surface area contributed by atoms with Crippen LogP contribution in [-0.2, 0) is 9.53 Å². The molecule has 5 heteroatoms. The summed E-state index contributed by atoms with van der Waals surface area (Å²) in [5.41, 5.74) is 0. The van der Waals surface area contributed by atoms with Crippen LogP contribution in [0.1, 0.15) is 39.5 Å². The van der Waals surface area contributed by atoms with Crippen molar-refractivity contribution in [2.24, 2.45) is 11.8 Å². The lowest BCUT2D eigenvalue weighted by Gasteiger charge is -2.36. The van der Waals surface area contributed by atoms with Crippen molar-refractivity contribution in [1.82, 2.24) is 9.80 Å². The Hall–Kier alpha value is -1.26. The molecule has 20 heavy (non-hydrogen) atoms. The molecule has 0 spiro atoms. The van der Waals surface area contributed by atoms with Crippen LogP contribution in [0.15, 0.2) is 0 Å². The van der Waals surface area contributed by atoms with E-state index in [1.54, 1.807) is 4.90 Å². The monoisotopic (exact) mass is 282 g/mol. The van der Waals surface area contributed by atoms with Crippen molar-refractivity contribution in [3.63, 3.8) is 0 Å². The van der Waals surface area contributed by atoms with Gasteiger partial charge in [0.2, 0.25) is 5.91 Å². The summed E-state index contributed by atoms with van der Waals surface area (Å²) in [6.07, 6.45) is 3.63. The number of ether oxygens (including phenoxy) is 1. The van der Waals surface area contributed by atoms with Gasteiger partial charge in [0.1, 0.15) is 0 Å². The molecule has 0 bridgehead atoms. The number of hydrogen-bond donors (Lipinski definition) is 0. The number of nitrogens with zero attached hydrogens (tertiary/aromatic N) is 2. The van der Waals surface area contributed by atoms with Crippen LogP contribution < -0.4 is 0 Å². The second kappa shape index (κ2) is 6.95. The van der Waals surface area contributed by atoms with Gasteiger partial charge >= 0.3 is 6.09 Å². The van der Waals surface area contributed by atoms with Gasteiger partial charge in [0.15, 0.2) is 0 Å². The molecule has 2 aliphatic rings. The fraction of sp³-hybridized carbons (Fsp3) is 0.867. The Bertz CT molecular complexity index is 351. The van der Waals surface area contributed by atoms with E-state index in [0.717, 1.165) is 32.4 Å². The number of piperidine rings is 2. The average molecular weight is 282 g/mol. The van der Waals surface area contributed by atoms with Crippen LogP contribution >= 0.6 is 0 Å². The van der Waals surface area contributed by atoms with E-state index >= 15 is 0 Å². The van der Waals surface area contributed by atoms with Gasteiger partial charge in [-0.3, -0.25) is 4.79 Å². The fourth-order valence-corrected chi connectivity index (χ4v) is 3.17. The lowest BCUT2D eigenvalue weighted by Crippen LogP contribution is -2.47. The van der Waals surface area contributed by atoms with Crippen LogP contribution in [0.3, 0.4) is 0 Å². The molecule has 2 fully saturated rings. The minimum Gasteiger partial charge on any atom is -0.450 e. The molecule has 1 atom stereocenters. The molecule has 2 heterocycles. The van der Waals surface area contributed by atoms with E-state index in [9.17, 15) is 9.59 Å². The lowest BCUT2D eigenvalue weighted by atomic mass is 9.93. The third-order valence-electron chi connectivity index (χ3n) is 4.34. The van der Waals surface area contributed by atoms with E-state index in [4.69, 9.17) is 4.74 Å². The maximum Gasteiger partial charge on any atom is 0.409 e. The van der Waals surface area contributed by atoms with Crippen molar-refractivity contribution in [2.75, 3.05) is 32.8 Å². The summed E-state index contributed by atoms with van der Waals surface area (Å²) in [6, 6.07) is 0. The Balaban J connectivity index is 1.81. The highest BCUT2D eigenvalue weighted by Gasteiger charge is 2.31. The van der Waals surface area contributed by atoms with E-state index in [-0.39, 0.29) is 12.0 Å². The first-order valence-corrected chi connectivity index (χ1v) is 7.82. The second-order valence-electron chi connectivity index (χ2n) is 5.99. The SMILES string of the molecule is CCOC(=O)N1CCC(C(=O)N2CCCC(C)C2)CC1. The maximum absolute atomic E-state index is 12.5. The van der Waals surface area contributed by atoms with Gasteiger partial charge in [-0.05, 0) is 38.5 Å². The average Bonchev–Trinajstić information content (AvgIpc) is 2.47. The van der Waals surface area contributed by atoms with Crippen molar-refractivity contribution in [2.45, 2.75) is 39.5 Å². The molecule has 0 radical (unpaired) electrons. The van der Waals surface area contributed by atoms with Gasteiger partial charge in [0, 0.05) is 32.1 Å². The molecule has 2 aliphatic heterocycles. The van der Waals surface area contributed by atoms with Gasteiger partial charge < -0.3 is 14.5 Å². The van der Waals surface area contributed by atoms with E-state index in [2.05, 4.69) is 6.92 Å². The minimum atomic E-state index is -0.245. The third-order valence-corrected chi connectivity index (χ3v) is 4.34. The van der Waals surface area contributed by atoms with Crippen molar-refractivity contribution in [3.8, 4) is 0 Å². The van der Waals surface area contributed by atoms with Gasteiger partial charge in [-0.15, -0.1) is 0 Å². The highest BCUT2D eigenvalue weighted by Crippen LogP contribution is 2.23. The molecular weight excluding hydrogens is 256 g/mol. The zero-order chi connectivity index (χ0) is 14.5. The largest absolute Gasteiger partial charge is 0.450 e. The summed E-state index contributed by atoms with van der Waals surface area (Å²) >= 11 is 0. The number of hydrogen-bond acceptors (Lipinski definition) is 3. The molecule has 0 N–H and O–H groups in total. The van der Waals surface area contributed by atoms with Crippen LogP contribution in [0.4, 0.5) is 4.79 Å². The molecule has 2 rings (SSSR count). The molecule has 1 unspecified atom stereocenters. The summed E-state index contributed by atoms with van der Waals surface area (Å²) in [7, 11) is 0. The Labute approximate surface area is 121 Å². The van der Waals surface area contributed by atoms with Gasteiger partial charge in [-0.25, -0.2) is 4.79 Å². The molecule has 0 aromatic carbocycles. The van der Waals surface area contributed by atoms with Gasteiger partial charge in [0.25, 0.3) is 0 Å². The van der Waals surface area contributed by atoms with Crippen molar-refractivity contribution < 1.29 is 14.3 Å². The van der Waals surface area contributed by atoms with E-state index in [1.165, 1.54) is 6.42 Å². The first kappa shape index (κ1) is 15.1. The Kier molecular flexibility index (Phi) is 5.26. The number of carbonyl (C=O) groups excluding carboxylic acids is 2. The number of carbonyl (C=O) groups is 2. The van der Waals surface area contributed by atoms with E-state index in [0.29, 0.717) is 31.5 Å². The number of rotatable bonds is 2. The quantitative estimate of drug-likeness (QED) is 0.779.